The molecule has 102 valence electrons. The summed E-state index contributed by atoms with van der Waals surface area (Å²) in [5, 5.41) is 0. The van der Waals surface area contributed by atoms with Crippen molar-refractivity contribution in [2.45, 2.75) is 57.3 Å². The van der Waals surface area contributed by atoms with Gasteiger partial charge in [0.15, 0.2) is 0 Å². The molecule has 0 radical (unpaired) electrons. The molecule has 1 saturated carbocycles. The van der Waals surface area contributed by atoms with Crippen LogP contribution in [0, 0.1) is 0 Å². The molecule has 0 unspecified atom stereocenters. The molecule has 0 amide bonds. The van der Waals surface area contributed by atoms with Crippen molar-refractivity contribution < 1.29 is 9.53 Å². The highest BCUT2D eigenvalue weighted by molar-refractivity contribution is 5.78. The zero-order valence-corrected chi connectivity index (χ0v) is 11.2. The summed E-state index contributed by atoms with van der Waals surface area (Å²) in [6.07, 6.45) is 6.45. The fraction of sp³-hybridized carbons (Fsp3) is 0.714. The molecule has 1 aliphatic carbocycles. The summed E-state index contributed by atoms with van der Waals surface area (Å²) in [6, 6.07) is 0.633. The van der Waals surface area contributed by atoms with E-state index in [1.807, 2.05) is 13.3 Å². The smallest absolute Gasteiger partial charge is 0.323 e. The molecule has 3 aliphatic rings. The second-order valence-electron chi connectivity index (χ2n) is 6.00. The van der Waals surface area contributed by atoms with Crippen LogP contribution < -0.4 is 0 Å². The third-order valence-electron chi connectivity index (χ3n) is 4.50. The van der Waals surface area contributed by atoms with Crippen molar-refractivity contribution in [3.63, 3.8) is 0 Å². The number of hydrogen-bond acceptors (Lipinski definition) is 4. The normalized spacial score (nSPS) is 31.3. The van der Waals surface area contributed by atoms with E-state index in [1.54, 1.807) is 0 Å². The lowest BCUT2D eigenvalue weighted by molar-refractivity contribution is -0.145. The van der Waals surface area contributed by atoms with Gasteiger partial charge in [-0.3, -0.25) is 9.69 Å². The number of carbonyl (C=O) groups excluding carboxylic acids is 1. The Balaban J connectivity index is 1.54. The number of nitrogens with zero attached hydrogens (tertiary/aromatic N) is 3. The standard InChI is InChI=1S/C14H19N3O2/c1-9-6-13(14(18)19-9)16-5-4-12-11(7-16)15-8-17(12)10-2-3-10/h8-10,13H,2-7H2,1H3/t9-,13-/m0/s1. The van der Waals surface area contributed by atoms with Crippen molar-refractivity contribution in [3.8, 4) is 0 Å². The van der Waals surface area contributed by atoms with E-state index in [4.69, 9.17) is 4.74 Å². The Morgan fingerprint density at radius 1 is 1.42 bits per heavy atom. The fourth-order valence-electron chi connectivity index (χ4n) is 3.32. The van der Waals surface area contributed by atoms with Crippen LogP contribution in [-0.4, -0.2) is 39.1 Å². The Hall–Kier alpha value is -1.36. The topological polar surface area (TPSA) is 47.4 Å². The first-order valence-corrected chi connectivity index (χ1v) is 7.21. The van der Waals surface area contributed by atoms with Crippen LogP contribution in [-0.2, 0) is 22.5 Å². The van der Waals surface area contributed by atoms with Crippen LogP contribution >= 0.6 is 0 Å². The van der Waals surface area contributed by atoms with Gasteiger partial charge in [0.1, 0.15) is 12.1 Å². The lowest BCUT2D eigenvalue weighted by atomic mass is 10.1. The first-order chi connectivity index (χ1) is 9.22. The molecule has 5 heteroatoms. The zero-order valence-electron chi connectivity index (χ0n) is 11.2. The maximum Gasteiger partial charge on any atom is 0.323 e. The summed E-state index contributed by atoms with van der Waals surface area (Å²) in [5.74, 6) is -0.0578. The molecule has 0 aromatic carbocycles. The molecular weight excluding hydrogens is 242 g/mol. The van der Waals surface area contributed by atoms with Gasteiger partial charge in [-0.1, -0.05) is 0 Å². The first kappa shape index (κ1) is 11.5. The van der Waals surface area contributed by atoms with Gasteiger partial charge in [-0.2, -0.15) is 0 Å². The third kappa shape index (κ3) is 1.87. The predicted octanol–water partition coefficient (Wildman–Crippen LogP) is 1.28. The van der Waals surface area contributed by atoms with E-state index in [-0.39, 0.29) is 18.1 Å². The van der Waals surface area contributed by atoms with Crippen LogP contribution in [0.1, 0.15) is 43.6 Å². The quantitative estimate of drug-likeness (QED) is 0.752. The molecule has 1 saturated heterocycles. The summed E-state index contributed by atoms with van der Waals surface area (Å²) in [7, 11) is 0. The Kier molecular flexibility index (Phi) is 2.45. The monoisotopic (exact) mass is 261 g/mol. The molecule has 2 atom stereocenters. The molecule has 1 aromatic rings. The summed E-state index contributed by atoms with van der Waals surface area (Å²) < 4.78 is 7.61. The second kappa shape index (κ2) is 4.07. The Morgan fingerprint density at radius 2 is 2.26 bits per heavy atom. The van der Waals surface area contributed by atoms with Crippen molar-refractivity contribution in [3.05, 3.63) is 17.7 Å². The molecule has 5 nitrogen and oxygen atoms in total. The average Bonchev–Trinajstić information content (AvgIpc) is 3.06. The Morgan fingerprint density at radius 3 is 2.95 bits per heavy atom. The first-order valence-electron chi connectivity index (χ1n) is 7.21. The minimum Gasteiger partial charge on any atom is -0.461 e. The number of esters is 1. The summed E-state index contributed by atoms with van der Waals surface area (Å²) in [4.78, 5) is 18.6. The zero-order chi connectivity index (χ0) is 13.0. The number of fused-ring (bicyclic) bond motifs is 1. The Labute approximate surface area is 112 Å². The molecule has 2 aliphatic heterocycles. The third-order valence-corrected chi connectivity index (χ3v) is 4.50. The number of rotatable bonds is 2. The number of hydrogen-bond donors (Lipinski definition) is 0. The van der Waals surface area contributed by atoms with E-state index in [1.165, 1.54) is 18.5 Å². The Bertz CT molecular complexity index is 521. The average molecular weight is 261 g/mol. The van der Waals surface area contributed by atoms with Gasteiger partial charge in [-0.25, -0.2) is 4.98 Å². The van der Waals surface area contributed by atoms with Crippen LogP contribution in [0.4, 0.5) is 0 Å². The van der Waals surface area contributed by atoms with Crippen LogP contribution in [0.2, 0.25) is 0 Å². The van der Waals surface area contributed by atoms with Gasteiger partial charge in [0.2, 0.25) is 0 Å². The molecular formula is C14H19N3O2. The molecule has 3 heterocycles. The van der Waals surface area contributed by atoms with Gasteiger partial charge >= 0.3 is 5.97 Å². The molecule has 4 rings (SSSR count). The number of ether oxygens (including phenoxy) is 1. The molecule has 0 N–H and O–H groups in total. The molecule has 19 heavy (non-hydrogen) atoms. The van der Waals surface area contributed by atoms with E-state index >= 15 is 0 Å². The van der Waals surface area contributed by atoms with E-state index in [0.717, 1.165) is 31.6 Å². The minimum atomic E-state index is -0.0609. The van der Waals surface area contributed by atoms with Gasteiger partial charge in [-0.05, 0) is 19.8 Å². The SMILES string of the molecule is C[C@H]1C[C@H](N2CCc3c(ncn3C3CC3)C2)C(=O)O1. The summed E-state index contributed by atoms with van der Waals surface area (Å²) in [5.41, 5.74) is 2.55. The predicted molar refractivity (Wildman–Crippen MR) is 68.6 cm³/mol. The maximum absolute atomic E-state index is 11.8. The van der Waals surface area contributed by atoms with Crippen LogP contribution in [0.5, 0.6) is 0 Å². The van der Waals surface area contributed by atoms with E-state index in [9.17, 15) is 4.79 Å². The number of carbonyl (C=O) groups is 1. The van der Waals surface area contributed by atoms with Crippen molar-refractivity contribution in [1.29, 1.82) is 0 Å². The van der Waals surface area contributed by atoms with Crippen molar-refractivity contribution >= 4 is 5.97 Å². The highest BCUT2D eigenvalue weighted by Gasteiger charge is 2.39. The lowest BCUT2D eigenvalue weighted by Gasteiger charge is -2.29. The van der Waals surface area contributed by atoms with Crippen LogP contribution in [0.25, 0.3) is 0 Å². The molecule has 2 fully saturated rings. The minimum absolute atomic E-state index is 0.0578. The van der Waals surface area contributed by atoms with Crippen LogP contribution in [0.15, 0.2) is 6.33 Å². The largest absolute Gasteiger partial charge is 0.461 e. The highest BCUT2D eigenvalue weighted by Crippen LogP contribution is 2.37. The lowest BCUT2D eigenvalue weighted by Crippen LogP contribution is -2.42. The van der Waals surface area contributed by atoms with Crippen molar-refractivity contribution in [1.82, 2.24) is 14.5 Å². The molecule has 0 spiro atoms. The van der Waals surface area contributed by atoms with Gasteiger partial charge in [-0.15, -0.1) is 0 Å². The van der Waals surface area contributed by atoms with Gasteiger partial charge in [0.25, 0.3) is 0 Å². The van der Waals surface area contributed by atoms with Crippen LogP contribution in [0.3, 0.4) is 0 Å². The van der Waals surface area contributed by atoms with E-state index < -0.39 is 0 Å². The molecule has 1 aromatic heterocycles. The highest BCUT2D eigenvalue weighted by atomic mass is 16.6. The van der Waals surface area contributed by atoms with Gasteiger partial charge < -0.3 is 9.30 Å². The number of cyclic esters (lactones) is 1. The van der Waals surface area contributed by atoms with Gasteiger partial charge in [0, 0.05) is 37.7 Å². The summed E-state index contributed by atoms with van der Waals surface area (Å²) in [6.45, 7) is 3.70. The number of imidazole rings is 1. The fourth-order valence-corrected chi connectivity index (χ4v) is 3.32. The van der Waals surface area contributed by atoms with Crippen molar-refractivity contribution in [2.75, 3.05) is 6.54 Å². The maximum atomic E-state index is 11.8. The number of aromatic nitrogens is 2. The van der Waals surface area contributed by atoms with Gasteiger partial charge in [0.05, 0.1) is 12.0 Å². The van der Waals surface area contributed by atoms with E-state index in [0.29, 0.717) is 6.04 Å². The summed E-state index contributed by atoms with van der Waals surface area (Å²) >= 11 is 0. The van der Waals surface area contributed by atoms with E-state index in [2.05, 4.69) is 14.5 Å². The second-order valence-corrected chi connectivity index (χ2v) is 6.00. The molecule has 0 bridgehead atoms. The van der Waals surface area contributed by atoms with Crippen molar-refractivity contribution in [2.24, 2.45) is 0 Å².